The summed E-state index contributed by atoms with van der Waals surface area (Å²) < 4.78 is 11.5. The van der Waals surface area contributed by atoms with Gasteiger partial charge in [0, 0.05) is 6.54 Å². The fourth-order valence-electron chi connectivity index (χ4n) is 2.42. The van der Waals surface area contributed by atoms with Crippen LogP contribution in [-0.4, -0.2) is 19.3 Å². The zero-order chi connectivity index (χ0) is 15.9. The van der Waals surface area contributed by atoms with E-state index in [9.17, 15) is 0 Å². The SMILES string of the molecule is NCC(COc1ccc(-c2ccccc2)cc1)OC=C1CCC1. The number of ether oxygens (including phenoxy) is 2. The Balaban J connectivity index is 1.53. The summed E-state index contributed by atoms with van der Waals surface area (Å²) >= 11 is 0. The van der Waals surface area contributed by atoms with Crippen molar-refractivity contribution in [1.29, 1.82) is 0 Å². The maximum atomic E-state index is 5.80. The van der Waals surface area contributed by atoms with Crippen LogP contribution in [0.5, 0.6) is 5.75 Å². The van der Waals surface area contributed by atoms with Gasteiger partial charge in [-0.05, 0) is 48.1 Å². The molecule has 2 aromatic carbocycles. The van der Waals surface area contributed by atoms with E-state index in [0.717, 1.165) is 18.6 Å². The Kier molecular flexibility index (Phi) is 5.33. The first kappa shape index (κ1) is 15.6. The van der Waals surface area contributed by atoms with E-state index in [4.69, 9.17) is 15.2 Å². The van der Waals surface area contributed by atoms with Crippen LogP contribution in [-0.2, 0) is 4.74 Å². The molecule has 1 saturated carbocycles. The van der Waals surface area contributed by atoms with Crippen molar-refractivity contribution in [2.45, 2.75) is 25.4 Å². The predicted molar refractivity (Wildman–Crippen MR) is 93.2 cm³/mol. The van der Waals surface area contributed by atoms with Gasteiger partial charge in [0.1, 0.15) is 18.5 Å². The van der Waals surface area contributed by atoms with Crippen LogP contribution in [0.4, 0.5) is 0 Å². The highest BCUT2D eigenvalue weighted by Crippen LogP contribution is 2.25. The van der Waals surface area contributed by atoms with Gasteiger partial charge in [-0.15, -0.1) is 0 Å². The quantitative estimate of drug-likeness (QED) is 0.782. The van der Waals surface area contributed by atoms with Crippen LogP contribution in [0.2, 0.25) is 0 Å². The molecule has 120 valence electrons. The van der Waals surface area contributed by atoms with Crippen LogP contribution in [0.1, 0.15) is 19.3 Å². The van der Waals surface area contributed by atoms with Gasteiger partial charge >= 0.3 is 0 Å². The van der Waals surface area contributed by atoms with Crippen molar-refractivity contribution in [1.82, 2.24) is 0 Å². The Hall–Kier alpha value is -2.26. The zero-order valence-electron chi connectivity index (χ0n) is 13.3. The van der Waals surface area contributed by atoms with E-state index in [1.807, 2.05) is 36.6 Å². The maximum Gasteiger partial charge on any atom is 0.144 e. The predicted octanol–water partition coefficient (Wildman–Crippen LogP) is 4.14. The first-order chi connectivity index (χ1) is 11.3. The second-order valence-corrected chi connectivity index (χ2v) is 5.82. The topological polar surface area (TPSA) is 44.5 Å². The summed E-state index contributed by atoms with van der Waals surface area (Å²) in [5, 5.41) is 0. The van der Waals surface area contributed by atoms with E-state index in [0.29, 0.717) is 13.2 Å². The lowest BCUT2D eigenvalue weighted by molar-refractivity contribution is 0.0918. The second-order valence-electron chi connectivity index (χ2n) is 5.82. The summed E-state index contributed by atoms with van der Waals surface area (Å²) in [6, 6.07) is 18.4. The lowest BCUT2D eigenvalue weighted by Gasteiger charge is -2.20. The number of hydrogen-bond acceptors (Lipinski definition) is 3. The second kappa shape index (κ2) is 7.84. The van der Waals surface area contributed by atoms with Crippen LogP contribution in [0.15, 0.2) is 66.4 Å². The Morgan fingerprint density at radius 2 is 1.65 bits per heavy atom. The van der Waals surface area contributed by atoms with Gasteiger partial charge < -0.3 is 15.2 Å². The molecule has 0 amide bonds. The van der Waals surface area contributed by atoms with Crippen LogP contribution in [0.3, 0.4) is 0 Å². The summed E-state index contributed by atoms with van der Waals surface area (Å²) in [6.45, 7) is 0.914. The molecule has 1 aliphatic rings. The zero-order valence-corrected chi connectivity index (χ0v) is 13.3. The summed E-state index contributed by atoms with van der Waals surface area (Å²) in [5.41, 5.74) is 9.50. The molecule has 23 heavy (non-hydrogen) atoms. The third-order valence-corrected chi connectivity index (χ3v) is 4.08. The van der Waals surface area contributed by atoms with Crippen molar-refractivity contribution < 1.29 is 9.47 Å². The number of benzene rings is 2. The molecule has 0 saturated heterocycles. The molecule has 1 atom stereocenters. The Labute approximate surface area is 137 Å². The molecule has 0 spiro atoms. The van der Waals surface area contributed by atoms with Gasteiger partial charge in [-0.3, -0.25) is 0 Å². The van der Waals surface area contributed by atoms with Crippen molar-refractivity contribution in [3.63, 3.8) is 0 Å². The van der Waals surface area contributed by atoms with E-state index in [1.54, 1.807) is 0 Å². The minimum absolute atomic E-state index is 0.100. The van der Waals surface area contributed by atoms with Gasteiger partial charge in [0.05, 0.1) is 6.26 Å². The summed E-state index contributed by atoms with van der Waals surface area (Å²) in [6.07, 6.45) is 5.34. The van der Waals surface area contributed by atoms with Crippen LogP contribution >= 0.6 is 0 Å². The fourth-order valence-corrected chi connectivity index (χ4v) is 2.42. The number of hydrogen-bond donors (Lipinski definition) is 1. The number of rotatable bonds is 7. The lowest BCUT2D eigenvalue weighted by Crippen LogP contribution is -2.29. The molecule has 0 heterocycles. The molecular formula is C20H23NO2. The molecular weight excluding hydrogens is 286 g/mol. The van der Waals surface area contributed by atoms with Gasteiger partial charge in [-0.25, -0.2) is 0 Å². The molecule has 1 unspecified atom stereocenters. The molecule has 3 heteroatoms. The van der Waals surface area contributed by atoms with E-state index >= 15 is 0 Å². The minimum atomic E-state index is -0.100. The number of allylic oxidation sites excluding steroid dienone is 1. The van der Waals surface area contributed by atoms with E-state index < -0.39 is 0 Å². The molecule has 2 N–H and O–H groups in total. The van der Waals surface area contributed by atoms with Crippen molar-refractivity contribution in [3.8, 4) is 16.9 Å². The van der Waals surface area contributed by atoms with Gasteiger partial charge in [0.2, 0.25) is 0 Å². The molecule has 1 aliphatic carbocycles. The van der Waals surface area contributed by atoms with Gasteiger partial charge in [-0.1, -0.05) is 42.5 Å². The van der Waals surface area contributed by atoms with E-state index in [1.165, 1.54) is 23.1 Å². The van der Waals surface area contributed by atoms with Crippen LogP contribution in [0, 0.1) is 0 Å². The lowest BCUT2D eigenvalue weighted by atomic mass is 9.94. The molecule has 0 aromatic heterocycles. The molecule has 0 aliphatic heterocycles. The Morgan fingerprint density at radius 3 is 2.26 bits per heavy atom. The summed E-state index contributed by atoms with van der Waals surface area (Å²) in [4.78, 5) is 0. The fraction of sp³-hybridized carbons (Fsp3) is 0.300. The molecule has 2 aromatic rings. The van der Waals surface area contributed by atoms with Crippen LogP contribution < -0.4 is 10.5 Å². The molecule has 3 rings (SSSR count). The standard InChI is InChI=1S/C20H23NO2/c21-13-20(22-14-16-5-4-6-16)15-23-19-11-9-18(10-12-19)17-7-2-1-3-8-17/h1-3,7-12,14,20H,4-6,13,15,21H2. The highest BCUT2D eigenvalue weighted by molar-refractivity contribution is 5.63. The third kappa shape index (κ3) is 4.36. The first-order valence-electron chi connectivity index (χ1n) is 8.17. The average molecular weight is 309 g/mol. The molecule has 3 nitrogen and oxygen atoms in total. The van der Waals surface area contributed by atoms with E-state index in [-0.39, 0.29) is 6.10 Å². The van der Waals surface area contributed by atoms with Crippen molar-refractivity contribution in [3.05, 3.63) is 66.4 Å². The van der Waals surface area contributed by atoms with Gasteiger partial charge in [0.15, 0.2) is 0 Å². The van der Waals surface area contributed by atoms with E-state index in [2.05, 4.69) is 24.3 Å². The van der Waals surface area contributed by atoms with Gasteiger partial charge in [-0.2, -0.15) is 0 Å². The monoisotopic (exact) mass is 309 g/mol. The number of nitrogens with two attached hydrogens (primary N) is 1. The maximum absolute atomic E-state index is 5.80. The van der Waals surface area contributed by atoms with Crippen LogP contribution in [0.25, 0.3) is 11.1 Å². The molecule has 0 bridgehead atoms. The highest BCUT2D eigenvalue weighted by atomic mass is 16.5. The molecule has 0 radical (unpaired) electrons. The normalized spacial score (nSPS) is 14.7. The average Bonchev–Trinajstić information content (AvgIpc) is 2.57. The highest BCUT2D eigenvalue weighted by Gasteiger charge is 2.11. The first-order valence-corrected chi connectivity index (χ1v) is 8.17. The van der Waals surface area contributed by atoms with Gasteiger partial charge in [0.25, 0.3) is 0 Å². The minimum Gasteiger partial charge on any atom is -0.493 e. The van der Waals surface area contributed by atoms with Crippen molar-refractivity contribution in [2.75, 3.05) is 13.2 Å². The van der Waals surface area contributed by atoms with Crippen molar-refractivity contribution >= 4 is 0 Å². The smallest absolute Gasteiger partial charge is 0.144 e. The molecule has 1 fully saturated rings. The summed E-state index contributed by atoms with van der Waals surface area (Å²) in [7, 11) is 0. The largest absolute Gasteiger partial charge is 0.493 e. The van der Waals surface area contributed by atoms with Crippen molar-refractivity contribution in [2.24, 2.45) is 5.73 Å². The Bertz CT molecular complexity index is 628. The Morgan fingerprint density at radius 1 is 0.957 bits per heavy atom. The third-order valence-electron chi connectivity index (χ3n) is 4.08. The summed E-state index contributed by atoms with van der Waals surface area (Å²) in [5.74, 6) is 0.836.